The van der Waals surface area contributed by atoms with E-state index in [1.807, 2.05) is 0 Å². The van der Waals surface area contributed by atoms with E-state index in [0.717, 1.165) is 18.3 Å². The van der Waals surface area contributed by atoms with Crippen LogP contribution in [0.3, 0.4) is 0 Å². The van der Waals surface area contributed by atoms with Crippen molar-refractivity contribution in [3.8, 4) is 0 Å². The first-order chi connectivity index (χ1) is 16.4. The number of hydrogen-bond acceptors (Lipinski definition) is 3. The van der Waals surface area contributed by atoms with E-state index in [1.54, 1.807) is 12.1 Å². The topological polar surface area (TPSA) is 54.9 Å². The number of rotatable bonds is 4. The van der Waals surface area contributed by atoms with E-state index in [-0.39, 0.29) is 11.1 Å². The molecular weight excluding hydrogens is 479 g/mol. The molecule has 1 amide bonds. The summed E-state index contributed by atoms with van der Waals surface area (Å²) in [5.74, 6) is -2.55. The number of aromatic nitrogens is 2. The fourth-order valence-corrected chi connectivity index (χ4v) is 3.57. The standard InChI is InChI=1S/C24H14F7N3O/c25-18-12-14(5-7-16(18)23(26,27)28)20(21-17(24(29,30)31)4-2-10-33-21)34-22(35)15-6-8-19-13(11-15)3-1-9-32-19/h1-12,20H,(H,34,35). The van der Waals surface area contributed by atoms with Crippen LogP contribution >= 0.6 is 0 Å². The summed E-state index contributed by atoms with van der Waals surface area (Å²) in [7, 11) is 0. The quantitative estimate of drug-likeness (QED) is 0.338. The third kappa shape index (κ3) is 5.08. The maximum atomic E-state index is 14.3. The fraction of sp³-hybridized carbons (Fsp3) is 0.125. The summed E-state index contributed by atoms with van der Waals surface area (Å²) >= 11 is 0. The molecule has 35 heavy (non-hydrogen) atoms. The predicted octanol–water partition coefficient (Wildman–Crippen LogP) is 6.33. The Morgan fingerprint density at radius 1 is 0.800 bits per heavy atom. The van der Waals surface area contributed by atoms with Crippen LogP contribution in [-0.2, 0) is 12.4 Å². The monoisotopic (exact) mass is 493 g/mol. The number of alkyl halides is 6. The Bertz CT molecular complexity index is 1400. The van der Waals surface area contributed by atoms with Gasteiger partial charge in [-0.1, -0.05) is 12.1 Å². The average molecular weight is 493 g/mol. The molecule has 1 atom stereocenters. The van der Waals surface area contributed by atoms with Gasteiger partial charge in [0.05, 0.1) is 28.4 Å². The van der Waals surface area contributed by atoms with E-state index in [1.165, 1.54) is 24.4 Å². The number of halogens is 7. The second-order valence-electron chi connectivity index (χ2n) is 7.49. The molecule has 0 aliphatic heterocycles. The molecule has 0 aliphatic carbocycles. The lowest BCUT2D eigenvalue weighted by atomic mass is 9.97. The number of amides is 1. The van der Waals surface area contributed by atoms with Gasteiger partial charge >= 0.3 is 12.4 Å². The SMILES string of the molecule is O=C(NC(c1ccc(C(F)(F)F)c(F)c1)c1ncccc1C(F)(F)F)c1ccc2ncccc2c1. The molecule has 11 heteroatoms. The van der Waals surface area contributed by atoms with Crippen LogP contribution in [0.1, 0.15) is 38.8 Å². The molecule has 2 aromatic carbocycles. The zero-order chi connectivity index (χ0) is 25.4. The molecule has 0 aliphatic rings. The second-order valence-corrected chi connectivity index (χ2v) is 7.49. The zero-order valence-electron chi connectivity index (χ0n) is 17.5. The molecule has 4 aromatic rings. The van der Waals surface area contributed by atoms with Crippen LogP contribution in [-0.4, -0.2) is 15.9 Å². The molecule has 0 fully saturated rings. The molecule has 4 nitrogen and oxygen atoms in total. The van der Waals surface area contributed by atoms with Crippen molar-refractivity contribution >= 4 is 16.8 Å². The number of pyridine rings is 2. The van der Waals surface area contributed by atoms with E-state index >= 15 is 0 Å². The summed E-state index contributed by atoms with van der Waals surface area (Å²) in [4.78, 5) is 20.8. The maximum Gasteiger partial charge on any atom is 0.419 e. The smallest absolute Gasteiger partial charge is 0.340 e. The molecular formula is C24H14F7N3O. The van der Waals surface area contributed by atoms with Gasteiger partial charge in [-0.05, 0) is 54.1 Å². The number of fused-ring (bicyclic) bond motifs is 1. The minimum atomic E-state index is -5.01. The lowest BCUT2D eigenvalue weighted by Crippen LogP contribution is -2.32. The Morgan fingerprint density at radius 2 is 1.49 bits per heavy atom. The van der Waals surface area contributed by atoms with Crippen molar-refractivity contribution in [2.75, 3.05) is 0 Å². The van der Waals surface area contributed by atoms with Crippen LogP contribution < -0.4 is 5.32 Å². The first kappa shape index (κ1) is 24.1. The molecule has 1 unspecified atom stereocenters. The van der Waals surface area contributed by atoms with E-state index in [4.69, 9.17) is 0 Å². The molecule has 0 saturated carbocycles. The van der Waals surface area contributed by atoms with E-state index in [0.29, 0.717) is 29.1 Å². The van der Waals surface area contributed by atoms with Gasteiger partial charge in [0.15, 0.2) is 0 Å². The van der Waals surface area contributed by atoms with E-state index < -0.39 is 46.9 Å². The van der Waals surface area contributed by atoms with Gasteiger partial charge in [0, 0.05) is 23.3 Å². The first-order valence-electron chi connectivity index (χ1n) is 9.99. The summed E-state index contributed by atoms with van der Waals surface area (Å²) in [5, 5.41) is 2.93. The molecule has 0 bridgehead atoms. The summed E-state index contributed by atoms with van der Waals surface area (Å²) in [6, 6.07) is 9.33. The Balaban J connectivity index is 1.81. The van der Waals surface area contributed by atoms with Gasteiger partial charge in [-0.3, -0.25) is 14.8 Å². The Hall–Kier alpha value is -4.02. The Morgan fingerprint density at radius 3 is 2.17 bits per heavy atom. The molecule has 2 aromatic heterocycles. The van der Waals surface area contributed by atoms with Crippen LogP contribution in [0.4, 0.5) is 30.7 Å². The van der Waals surface area contributed by atoms with E-state index in [2.05, 4.69) is 15.3 Å². The fourth-order valence-electron chi connectivity index (χ4n) is 3.57. The molecule has 0 radical (unpaired) electrons. The highest BCUT2D eigenvalue weighted by molar-refractivity contribution is 5.98. The molecule has 0 saturated heterocycles. The minimum Gasteiger partial charge on any atom is -0.340 e. The maximum absolute atomic E-state index is 14.3. The van der Waals surface area contributed by atoms with Gasteiger partial charge in [0.2, 0.25) is 0 Å². The third-order valence-corrected chi connectivity index (χ3v) is 5.19. The van der Waals surface area contributed by atoms with Crippen molar-refractivity contribution < 1.29 is 35.5 Å². The lowest BCUT2D eigenvalue weighted by molar-refractivity contribution is -0.140. The Labute approximate surface area is 193 Å². The van der Waals surface area contributed by atoms with Gasteiger partial charge in [-0.25, -0.2) is 4.39 Å². The van der Waals surface area contributed by atoms with Crippen LogP contribution in [0.2, 0.25) is 0 Å². The van der Waals surface area contributed by atoms with Crippen molar-refractivity contribution in [3.05, 3.63) is 107 Å². The van der Waals surface area contributed by atoms with E-state index in [9.17, 15) is 35.5 Å². The van der Waals surface area contributed by atoms with Gasteiger partial charge in [0.1, 0.15) is 5.82 Å². The van der Waals surface area contributed by atoms with Gasteiger partial charge < -0.3 is 5.32 Å². The highest BCUT2D eigenvalue weighted by atomic mass is 19.4. The first-order valence-corrected chi connectivity index (χ1v) is 9.99. The number of hydrogen-bond donors (Lipinski definition) is 1. The van der Waals surface area contributed by atoms with Crippen LogP contribution in [0, 0.1) is 5.82 Å². The molecule has 4 rings (SSSR count). The van der Waals surface area contributed by atoms with Gasteiger partial charge in [-0.2, -0.15) is 26.3 Å². The van der Waals surface area contributed by atoms with Crippen molar-refractivity contribution in [3.63, 3.8) is 0 Å². The summed E-state index contributed by atoms with van der Waals surface area (Å²) in [6.07, 6.45) is -7.34. The number of carbonyl (C=O) groups excluding carboxylic acids is 1. The zero-order valence-corrected chi connectivity index (χ0v) is 17.5. The minimum absolute atomic E-state index is 0.0485. The predicted molar refractivity (Wildman–Crippen MR) is 112 cm³/mol. The highest BCUT2D eigenvalue weighted by Gasteiger charge is 2.38. The summed E-state index contributed by atoms with van der Waals surface area (Å²) in [6.45, 7) is 0. The highest BCUT2D eigenvalue weighted by Crippen LogP contribution is 2.37. The third-order valence-electron chi connectivity index (χ3n) is 5.19. The van der Waals surface area contributed by atoms with Gasteiger partial charge in [-0.15, -0.1) is 0 Å². The number of nitrogens with zero attached hydrogens (tertiary/aromatic N) is 2. The average Bonchev–Trinajstić information content (AvgIpc) is 2.80. The largest absolute Gasteiger partial charge is 0.419 e. The van der Waals surface area contributed by atoms with Crippen LogP contribution in [0.25, 0.3) is 10.9 Å². The van der Waals surface area contributed by atoms with Crippen molar-refractivity contribution in [1.29, 1.82) is 0 Å². The Kier molecular flexibility index (Phi) is 6.18. The lowest BCUT2D eigenvalue weighted by Gasteiger charge is -2.23. The normalized spacial score (nSPS) is 13.0. The molecule has 180 valence electrons. The van der Waals surface area contributed by atoms with Crippen molar-refractivity contribution in [2.24, 2.45) is 0 Å². The van der Waals surface area contributed by atoms with Crippen LogP contribution in [0.5, 0.6) is 0 Å². The van der Waals surface area contributed by atoms with Gasteiger partial charge in [0.25, 0.3) is 5.91 Å². The second kappa shape index (κ2) is 8.97. The molecule has 0 spiro atoms. The van der Waals surface area contributed by atoms with Crippen molar-refractivity contribution in [2.45, 2.75) is 18.4 Å². The molecule has 1 N–H and O–H groups in total. The molecule has 2 heterocycles. The van der Waals surface area contributed by atoms with Crippen molar-refractivity contribution in [1.82, 2.24) is 15.3 Å². The number of benzene rings is 2. The summed E-state index contributed by atoms with van der Waals surface area (Å²) < 4.78 is 94.4. The summed E-state index contributed by atoms with van der Waals surface area (Å²) in [5.41, 5.74) is -3.26. The number of nitrogens with one attached hydrogen (secondary N) is 1. The van der Waals surface area contributed by atoms with Crippen LogP contribution in [0.15, 0.2) is 73.1 Å². The number of carbonyl (C=O) groups is 1.